The summed E-state index contributed by atoms with van der Waals surface area (Å²) in [5, 5.41) is 43.3. The van der Waals surface area contributed by atoms with Crippen molar-refractivity contribution in [3.63, 3.8) is 0 Å². The van der Waals surface area contributed by atoms with Crippen LogP contribution in [0, 0.1) is 0 Å². The van der Waals surface area contributed by atoms with E-state index in [9.17, 15) is 34.8 Å². The van der Waals surface area contributed by atoms with E-state index in [0.717, 1.165) is 41.0 Å². The number of piperidine rings is 1. The van der Waals surface area contributed by atoms with E-state index in [-0.39, 0.29) is 18.7 Å². The fourth-order valence-electron chi connectivity index (χ4n) is 4.89. The monoisotopic (exact) mass is 545 g/mol. The quantitative estimate of drug-likeness (QED) is 0.155. The topological polar surface area (TPSA) is 169 Å². The number of hydrogen-bond acceptors (Lipinski definition) is 10. The average molecular weight is 545 g/mol. The van der Waals surface area contributed by atoms with Gasteiger partial charge in [-0.3, -0.25) is 24.6 Å². The third-order valence-electron chi connectivity index (χ3n) is 7.06. The molecule has 202 valence electrons. The summed E-state index contributed by atoms with van der Waals surface area (Å²) in [7, 11) is 2.67. The number of nitrogens with zero attached hydrogens (tertiary/aromatic N) is 2. The van der Waals surface area contributed by atoms with Crippen molar-refractivity contribution in [1.82, 2.24) is 15.1 Å². The molecule has 0 aromatic heterocycles. The molecule has 0 aliphatic carbocycles. The molecule has 3 aliphatic rings. The van der Waals surface area contributed by atoms with Crippen LogP contribution < -0.4 is 15.4 Å². The van der Waals surface area contributed by atoms with Crippen LogP contribution in [0.15, 0.2) is 36.4 Å². The second-order valence-corrected chi connectivity index (χ2v) is 10.2. The molecule has 13 heteroatoms. The predicted molar refractivity (Wildman–Crippen MR) is 134 cm³/mol. The van der Waals surface area contributed by atoms with Gasteiger partial charge in [-0.1, -0.05) is 24.3 Å². The van der Waals surface area contributed by atoms with E-state index in [1.165, 1.54) is 6.07 Å². The number of carbonyl (C=O) groups is 3. The first-order valence-electron chi connectivity index (χ1n) is 12.0. The molecule has 2 aromatic rings. The molecule has 2 saturated heterocycles. The number of carbonyl (C=O) groups excluding carboxylic acids is 3. The molecule has 2 aromatic carbocycles. The summed E-state index contributed by atoms with van der Waals surface area (Å²) in [6, 6.07) is 8.64. The Labute approximate surface area is 220 Å². The molecule has 0 saturated carbocycles. The lowest BCUT2D eigenvalue weighted by atomic mass is 9.90. The number of benzene rings is 2. The van der Waals surface area contributed by atoms with E-state index in [2.05, 4.69) is 26.3 Å². The number of aliphatic hydroxyl groups is 4. The number of fused-ring (bicyclic) bond motifs is 1. The smallest absolute Gasteiger partial charge is 0.303 e. The predicted octanol–water partition coefficient (Wildman–Crippen LogP) is -2.06. The van der Waals surface area contributed by atoms with Crippen LogP contribution in [0.4, 0.5) is 0 Å². The van der Waals surface area contributed by atoms with Crippen LogP contribution in [-0.2, 0) is 34.0 Å². The molecule has 3 heterocycles. The maximum atomic E-state index is 13.1. The highest BCUT2D eigenvalue weighted by Gasteiger charge is 2.67. The molecule has 2 unspecified atom stereocenters. The van der Waals surface area contributed by atoms with Crippen LogP contribution >= 0.6 is 9.24 Å². The number of nitrogens with one attached hydrogen (secondary N) is 1. The Morgan fingerprint density at radius 2 is 1.82 bits per heavy atom. The Balaban J connectivity index is 1.35. The zero-order valence-electron chi connectivity index (χ0n) is 20.3. The first-order valence-corrected chi connectivity index (χ1v) is 12.6. The summed E-state index contributed by atoms with van der Waals surface area (Å²) in [5.74, 6) is -10.8. The minimum atomic E-state index is -3.72. The van der Waals surface area contributed by atoms with Crippen molar-refractivity contribution in [3.8, 4) is 5.75 Å². The molecule has 0 radical (unpaired) electrons. The Morgan fingerprint density at radius 3 is 2.55 bits per heavy atom. The number of ether oxygens (including phenoxy) is 2. The third kappa shape index (κ3) is 4.58. The molecule has 0 spiro atoms. The lowest BCUT2D eigenvalue weighted by Gasteiger charge is -2.44. The van der Waals surface area contributed by atoms with Crippen LogP contribution in [0.2, 0.25) is 0 Å². The summed E-state index contributed by atoms with van der Waals surface area (Å²) in [5.41, 5.74) is 2.57. The van der Waals surface area contributed by atoms with Gasteiger partial charge >= 0.3 is 5.79 Å². The van der Waals surface area contributed by atoms with Crippen molar-refractivity contribution in [2.45, 2.75) is 37.3 Å². The SMILES string of the molecule is O=C1NC(=O)C(O)(O)C(O)(O)C1N1Cc2c(OCc3cc(CN4CCOCC4)ccc3P)cccc2C1=O. The first kappa shape index (κ1) is 26.6. The van der Waals surface area contributed by atoms with Gasteiger partial charge in [0.2, 0.25) is 0 Å². The van der Waals surface area contributed by atoms with Crippen molar-refractivity contribution >= 4 is 32.3 Å². The van der Waals surface area contributed by atoms with Crippen molar-refractivity contribution in [2.75, 3.05) is 26.3 Å². The van der Waals surface area contributed by atoms with Gasteiger partial charge in [-0.2, -0.15) is 0 Å². The van der Waals surface area contributed by atoms with Gasteiger partial charge in [0, 0.05) is 30.8 Å². The summed E-state index contributed by atoms with van der Waals surface area (Å²) in [6.45, 7) is 3.80. The molecular formula is C25H28N3O9P. The van der Waals surface area contributed by atoms with Gasteiger partial charge in [-0.05, 0) is 28.6 Å². The van der Waals surface area contributed by atoms with E-state index >= 15 is 0 Å². The molecule has 0 bridgehead atoms. The molecule has 38 heavy (non-hydrogen) atoms. The molecule has 12 nitrogen and oxygen atoms in total. The maximum absolute atomic E-state index is 13.1. The number of rotatable bonds is 6. The maximum Gasteiger partial charge on any atom is 0.303 e. The van der Waals surface area contributed by atoms with Gasteiger partial charge in [0.15, 0.2) is 6.04 Å². The van der Waals surface area contributed by atoms with Crippen LogP contribution in [-0.4, -0.2) is 91.9 Å². The van der Waals surface area contributed by atoms with E-state index in [4.69, 9.17) is 9.47 Å². The van der Waals surface area contributed by atoms with Crippen LogP contribution in [0.3, 0.4) is 0 Å². The fraction of sp³-hybridized carbons (Fsp3) is 0.400. The normalized spacial score (nSPS) is 22.8. The summed E-state index contributed by atoms with van der Waals surface area (Å²) in [6.07, 6.45) is 0. The van der Waals surface area contributed by atoms with Crippen molar-refractivity contribution in [2.24, 2.45) is 0 Å². The number of imide groups is 1. The number of amides is 3. The lowest BCUT2D eigenvalue weighted by Crippen LogP contribution is -2.79. The molecule has 2 fully saturated rings. The first-order chi connectivity index (χ1) is 18.0. The Kier molecular flexibility index (Phi) is 6.99. The number of morpholine rings is 1. The summed E-state index contributed by atoms with van der Waals surface area (Å²) in [4.78, 5) is 40.5. The van der Waals surface area contributed by atoms with Gasteiger partial charge in [-0.15, -0.1) is 9.24 Å². The highest BCUT2D eigenvalue weighted by molar-refractivity contribution is 7.27. The second-order valence-electron chi connectivity index (χ2n) is 9.54. The highest BCUT2D eigenvalue weighted by Crippen LogP contribution is 2.37. The Morgan fingerprint density at radius 1 is 1.08 bits per heavy atom. The lowest BCUT2D eigenvalue weighted by molar-refractivity contribution is -0.355. The standard InChI is InChI=1S/C25H28N3O9P/c29-21-20(24(32,33)25(34,35)23(31)26-21)28-12-17-16(22(28)30)2-1-3-18(17)37-13-15-10-14(4-5-19(15)38)11-27-6-8-36-9-7-27/h1-5,10,20,32-35H,6-9,11-13,38H2,(H,26,29,31). The van der Waals surface area contributed by atoms with Gasteiger partial charge in [0.1, 0.15) is 12.4 Å². The number of hydrogen-bond donors (Lipinski definition) is 5. The van der Waals surface area contributed by atoms with Crippen molar-refractivity contribution in [1.29, 1.82) is 0 Å². The zero-order chi connectivity index (χ0) is 27.2. The van der Waals surface area contributed by atoms with Gasteiger partial charge in [-0.25, -0.2) is 0 Å². The van der Waals surface area contributed by atoms with Gasteiger partial charge in [0.25, 0.3) is 23.5 Å². The van der Waals surface area contributed by atoms with E-state index in [0.29, 0.717) is 24.5 Å². The largest absolute Gasteiger partial charge is 0.489 e. The zero-order valence-corrected chi connectivity index (χ0v) is 21.4. The van der Waals surface area contributed by atoms with Gasteiger partial charge in [0.05, 0.1) is 19.8 Å². The molecule has 3 aliphatic heterocycles. The van der Waals surface area contributed by atoms with Gasteiger partial charge < -0.3 is 34.8 Å². The van der Waals surface area contributed by atoms with Crippen LogP contribution in [0.25, 0.3) is 0 Å². The molecule has 2 atom stereocenters. The minimum absolute atomic E-state index is 0.150. The molecule has 5 N–H and O–H groups in total. The molecule has 3 amide bonds. The molecular weight excluding hydrogens is 517 g/mol. The summed E-state index contributed by atoms with van der Waals surface area (Å²) >= 11 is 0. The third-order valence-corrected chi connectivity index (χ3v) is 7.62. The highest BCUT2D eigenvalue weighted by atomic mass is 31.0. The van der Waals surface area contributed by atoms with Crippen LogP contribution in [0.5, 0.6) is 5.75 Å². The minimum Gasteiger partial charge on any atom is -0.489 e. The van der Waals surface area contributed by atoms with E-state index < -0.39 is 35.3 Å². The van der Waals surface area contributed by atoms with Crippen LogP contribution in [0.1, 0.15) is 27.0 Å². The Bertz CT molecular complexity index is 1290. The fourth-order valence-corrected chi connectivity index (χ4v) is 5.15. The van der Waals surface area contributed by atoms with E-state index in [1.54, 1.807) is 17.4 Å². The average Bonchev–Trinajstić information content (AvgIpc) is 3.20. The second kappa shape index (κ2) is 9.97. The summed E-state index contributed by atoms with van der Waals surface area (Å²) < 4.78 is 11.5. The van der Waals surface area contributed by atoms with Crippen molar-refractivity contribution in [3.05, 3.63) is 58.7 Å². The molecule has 5 rings (SSSR count). The Hall–Kier alpha value is -2.96. The van der Waals surface area contributed by atoms with Crippen molar-refractivity contribution < 1.29 is 44.3 Å². The van der Waals surface area contributed by atoms with E-state index in [1.807, 2.05) is 6.07 Å².